The first-order valence-electron chi connectivity index (χ1n) is 5.86. The summed E-state index contributed by atoms with van der Waals surface area (Å²) in [5.41, 5.74) is 2.40. The fourth-order valence-corrected chi connectivity index (χ4v) is 2.49. The zero-order valence-corrected chi connectivity index (χ0v) is 10.2. The van der Waals surface area contributed by atoms with Gasteiger partial charge in [-0.1, -0.05) is 24.3 Å². The zero-order chi connectivity index (χ0) is 12.4. The zero-order valence-electron chi connectivity index (χ0n) is 10.2. The van der Waals surface area contributed by atoms with Gasteiger partial charge in [0.05, 0.1) is 5.92 Å². The predicted molar refractivity (Wildman–Crippen MR) is 65.6 cm³/mol. The molecule has 3 heteroatoms. The smallest absolute Gasteiger partial charge is 0.226 e. The maximum absolute atomic E-state index is 12.0. The Bertz CT molecular complexity index is 440. The Morgan fingerprint density at radius 1 is 1.24 bits per heavy atom. The van der Waals surface area contributed by atoms with Crippen molar-refractivity contribution >= 4 is 12.2 Å². The minimum absolute atomic E-state index is 0.0524. The summed E-state index contributed by atoms with van der Waals surface area (Å²) in [5, 5.41) is 0. The molecular weight excluding hydrogens is 214 g/mol. The van der Waals surface area contributed by atoms with E-state index in [1.54, 1.807) is 19.0 Å². The fraction of sp³-hybridized carbons (Fsp3) is 0.429. The normalized spacial score (nSPS) is 22.7. The highest BCUT2D eigenvalue weighted by molar-refractivity contribution is 5.82. The summed E-state index contributed by atoms with van der Waals surface area (Å²) in [4.78, 5) is 24.8. The molecule has 0 bridgehead atoms. The first kappa shape index (κ1) is 11.8. The van der Waals surface area contributed by atoms with Crippen LogP contribution in [0.15, 0.2) is 24.3 Å². The molecule has 90 valence electrons. The van der Waals surface area contributed by atoms with E-state index in [1.807, 2.05) is 24.3 Å². The summed E-state index contributed by atoms with van der Waals surface area (Å²) in [6.07, 6.45) is 2.29. The molecular formula is C14H17NO2. The average molecular weight is 231 g/mol. The lowest BCUT2D eigenvalue weighted by Gasteiger charge is -2.30. The molecule has 1 aromatic rings. The van der Waals surface area contributed by atoms with E-state index in [4.69, 9.17) is 0 Å². The molecule has 0 aliphatic heterocycles. The Labute approximate surface area is 101 Å². The van der Waals surface area contributed by atoms with Crippen LogP contribution in [0, 0.1) is 11.8 Å². The minimum Gasteiger partial charge on any atom is -0.349 e. The molecule has 17 heavy (non-hydrogen) atoms. The Balaban J connectivity index is 2.30. The lowest BCUT2D eigenvalue weighted by molar-refractivity contribution is -0.137. The molecule has 0 aromatic heterocycles. The molecule has 2 unspecified atom stereocenters. The van der Waals surface area contributed by atoms with Gasteiger partial charge >= 0.3 is 0 Å². The van der Waals surface area contributed by atoms with Crippen molar-refractivity contribution in [2.24, 2.45) is 11.8 Å². The van der Waals surface area contributed by atoms with E-state index in [0.717, 1.165) is 6.29 Å². The molecule has 0 fully saturated rings. The van der Waals surface area contributed by atoms with Crippen LogP contribution >= 0.6 is 0 Å². The third-order valence-electron chi connectivity index (χ3n) is 3.46. The van der Waals surface area contributed by atoms with E-state index in [-0.39, 0.29) is 17.7 Å². The van der Waals surface area contributed by atoms with Crippen LogP contribution in [-0.2, 0) is 22.4 Å². The average Bonchev–Trinajstić information content (AvgIpc) is 2.36. The topological polar surface area (TPSA) is 37.4 Å². The van der Waals surface area contributed by atoms with Crippen molar-refractivity contribution in [2.45, 2.75) is 12.8 Å². The van der Waals surface area contributed by atoms with E-state index in [2.05, 4.69) is 0 Å². The maximum Gasteiger partial charge on any atom is 0.226 e. The van der Waals surface area contributed by atoms with Crippen LogP contribution in [0.1, 0.15) is 11.1 Å². The highest BCUT2D eigenvalue weighted by Gasteiger charge is 2.33. The van der Waals surface area contributed by atoms with Crippen molar-refractivity contribution in [3.8, 4) is 0 Å². The number of rotatable bonds is 2. The van der Waals surface area contributed by atoms with Crippen molar-refractivity contribution in [1.29, 1.82) is 0 Å². The van der Waals surface area contributed by atoms with Crippen molar-refractivity contribution in [2.75, 3.05) is 14.1 Å². The van der Waals surface area contributed by atoms with Crippen LogP contribution in [-0.4, -0.2) is 31.2 Å². The van der Waals surface area contributed by atoms with Gasteiger partial charge in [-0.15, -0.1) is 0 Å². The van der Waals surface area contributed by atoms with Gasteiger partial charge in [-0.25, -0.2) is 0 Å². The number of hydrogen-bond acceptors (Lipinski definition) is 2. The van der Waals surface area contributed by atoms with Crippen molar-refractivity contribution in [3.05, 3.63) is 35.4 Å². The predicted octanol–water partition coefficient (Wildman–Crippen LogP) is 1.30. The Morgan fingerprint density at radius 3 is 2.35 bits per heavy atom. The molecule has 0 spiro atoms. The second-order valence-corrected chi connectivity index (χ2v) is 4.82. The number of hydrogen-bond donors (Lipinski definition) is 0. The number of nitrogens with zero attached hydrogens (tertiary/aromatic N) is 1. The third kappa shape index (κ3) is 2.23. The summed E-state index contributed by atoms with van der Waals surface area (Å²) >= 11 is 0. The fourth-order valence-electron chi connectivity index (χ4n) is 2.49. The minimum atomic E-state index is -0.197. The molecule has 3 nitrogen and oxygen atoms in total. The lowest BCUT2D eigenvalue weighted by atomic mass is 9.76. The highest BCUT2D eigenvalue weighted by atomic mass is 16.2. The molecule has 1 aromatic carbocycles. The van der Waals surface area contributed by atoms with Gasteiger partial charge in [-0.2, -0.15) is 0 Å². The van der Waals surface area contributed by atoms with Gasteiger partial charge in [0.25, 0.3) is 0 Å². The Hall–Kier alpha value is -1.64. The summed E-state index contributed by atoms with van der Waals surface area (Å²) in [7, 11) is 3.48. The monoisotopic (exact) mass is 231 g/mol. The van der Waals surface area contributed by atoms with Gasteiger partial charge in [0.15, 0.2) is 0 Å². The summed E-state index contributed by atoms with van der Waals surface area (Å²) in [6.45, 7) is 0. The largest absolute Gasteiger partial charge is 0.349 e. The Kier molecular flexibility index (Phi) is 3.27. The molecule has 0 saturated heterocycles. The van der Waals surface area contributed by atoms with E-state index >= 15 is 0 Å². The van der Waals surface area contributed by atoms with Gasteiger partial charge in [0.2, 0.25) is 5.91 Å². The van der Waals surface area contributed by atoms with Gasteiger partial charge in [0.1, 0.15) is 6.29 Å². The molecule has 1 aliphatic rings. The van der Waals surface area contributed by atoms with E-state index in [9.17, 15) is 9.59 Å². The maximum atomic E-state index is 12.0. The summed E-state index contributed by atoms with van der Waals surface area (Å²) in [6, 6.07) is 8.06. The first-order chi connectivity index (χ1) is 8.13. The van der Waals surface area contributed by atoms with E-state index in [0.29, 0.717) is 12.8 Å². The van der Waals surface area contributed by atoms with Crippen molar-refractivity contribution in [1.82, 2.24) is 4.90 Å². The first-order valence-corrected chi connectivity index (χ1v) is 5.86. The lowest BCUT2D eigenvalue weighted by Crippen LogP contribution is -2.39. The second-order valence-electron chi connectivity index (χ2n) is 4.82. The van der Waals surface area contributed by atoms with E-state index in [1.165, 1.54) is 11.1 Å². The van der Waals surface area contributed by atoms with E-state index < -0.39 is 0 Å². The molecule has 2 atom stereocenters. The van der Waals surface area contributed by atoms with Crippen molar-refractivity contribution in [3.63, 3.8) is 0 Å². The highest BCUT2D eigenvalue weighted by Crippen LogP contribution is 2.30. The van der Waals surface area contributed by atoms with Crippen LogP contribution in [0.4, 0.5) is 0 Å². The van der Waals surface area contributed by atoms with Crippen LogP contribution in [0.5, 0.6) is 0 Å². The molecule has 0 radical (unpaired) electrons. The molecule has 0 heterocycles. The summed E-state index contributed by atoms with van der Waals surface area (Å²) in [5.74, 6) is -0.325. The number of fused-ring (bicyclic) bond motifs is 1. The summed E-state index contributed by atoms with van der Waals surface area (Å²) < 4.78 is 0. The van der Waals surface area contributed by atoms with Gasteiger partial charge in [-0.05, 0) is 24.0 Å². The van der Waals surface area contributed by atoms with Gasteiger partial charge in [0, 0.05) is 20.0 Å². The molecule has 1 amide bonds. The van der Waals surface area contributed by atoms with Crippen LogP contribution < -0.4 is 0 Å². The molecule has 1 aliphatic carbocycles. The van der Waals surface area contributed by atoms with Gasteiger partial charge < -0.3 is 9.69 Å². The van der Waals surface area contributed by atoms with Crippen LogP contribution in [0.25, 0.3) is 0 Å². The molecule has 0 N–H and O–H groups in total. The number of benzene rings is 1. The van der Waals surface area contributed by atoms with Crippen LogP contribution in [0.3, 0.4) is 0 Å². The number of amides is 1. The standard InChI is InChI=1S/C14H17NO2/c1-15(2)14(17)13-8-11-6-4-3-5-10(11)7-12(13)9-16/h3-6,9,12-13H,7-8H2,1-2H3. The van der Waals surface area contributed by atoms with Crippen molar-refractivity contribution < 1.29 is 9.59 Å². The second kappa shape index (κ2) is 4.70. The quantitative estimate of drug-likeness (QED) is 0.720. The number of carbonyl (C=O) groups is 2. The number of carbonyl (C=O) groups excluding carboxylic acids is 2. The number of aldehydes is 1. The molecule has 2 rings (SSSR count). The van der Waals surface area contributed by atoms with Gasteiger partial charge in [-0.3, -0.25) is 4.79 Å². The third-order valence-corrected chi connectivity index (χ3v) is 3.46. The SMILES string of the molecule is CN(C)C(=O)C1Cc2ccccc2CC1C=O. The molecule has 0 saturated carbocycles. The van der Waals surface area contributed by atoms with Crippen LogP contribution in [0.2, 0.25) is 0 Å². The Morgan fingerprint density at radius 2 is 1.82 bits per heavy atom.